The molecular formula is C18H17N3O2S. The molecule has 6 heteroatoms. The van der Waals surface area contributed by atoms with Crippen molar-refractivity contribution in [3.63, 3.8) is 0 Å². The van der Waals surface area contributed by atoms with E-state index >= 15 is 0 Å². The Hall–Kier alpha value is -2.73. The summed E-state index contributed by atoms with van der Waals surface area (Å²) in [5, 5.41) is 12.6. The number of aromatic hydroxyl groups is 1. The summed E-state index contributed by atoms with van der Waals surface area (Å²) in [7, 11) is 3.97. The molecule has 1 saturated heterocycles. The second kappa shape index (κ2) is 6.80. The van der Waals surface area contributed by atoms with Crippen LogP contribution in [0.15, 0.2) is 58.4 Å². The number of anilines is 1. The van der Waals surface area contributed by atoms with Crippen LogP contribution in [-0.4, -0.2) is 30.3 Å². The van der Waals surface area contributed by atoms with Crippen LogP contribution < -0.4 is 10.2 Å². The molecular weight excluding hydrogens is 322 g/mol. The number of carbonyl (C=O) groups excluding carboxylic acids is 1. The Morgan fingerprint density at radius 2 is 1.75 bits per heavy atom. The zero-order valence-corrected chi connectivity index (χ0v) is 14.2. The maximum atomic E-state index is 12.1. The fourth-order valence-corrected chi connectivity index (χ4v) is 2.99. The normalized spacial score (nSPS) is 17.3. The molecule has 122 valence electrons. The number of benzene rings is 2. The van der Waals surface area contributed by atoms with E-state index in [0.717, 1.165) is 11.3 Å². The first-order valence-corrected chi connectivity index (χ1v) is 8.19. The molecule has 0 bridgehead atoms. The minimum Gasteiger partial charge on any atom is -0.508 e. The molecule has 2 N–H and O–H groups in total. The van der Waals surface area contributed by atoms with Crippen molar-refractivity contribution in [2.45, 2.75) is 0 Å². The molecule has 5 nitrogen and oxygen atoms in total. The Labute approximate surface area is 144 Å². The van der Waals surface area contributed by atoms with Crippen molar-refractivity contribution in [1.82, 2.24) is 5.32 Å². The maximum Gasteiger partial charge on any atom is 0.264 e. The van der Waals surface area contributed by atoms with Gasteiger partial charge in [0.15, 0.2) is 5.17 Å². The SMILES string of the molecule is CN(C)c1ccc(/C=C2\SC(=Nc3ccc(O)cc3)NC2=O)cc1. The lowest BCUT2D eigenvalue weighted by Crippen LogP contribution is -2.19. The van der Waals surface area contributed by atoms with Gasteiger partial charge in [0.2, 0.25) is 0 Å². The number of amides is 1. The average molecular weight is 339 g/mol. The Morgan fingerprint density at radius 3 is 2.38 bits per heavy atom. The number of carbonyl (C=O) groups is 1. The Morgan fingerprint density at radius 1 is 1.08 bits per heavy atom. The summed E-state index contributed by atoms with van der Waals surface area (Å²) in [6.07, 6.45) is 1.85. The van der Waals surface area contributed by atoms with Crippen LogP contribution in [0.3, 0.4) is 0 Å². The average Bonchev–Trinajstić information content (AvgIpc) is 2.89. The molecule has 0 radical (unpaired) electrons. The first kappa shape index (κ1) is 16.1. The third-order valence-corrected chi connectivity index (χ3v) is 4.35. The largest absolute Gasteiger partial charge is 0.508 e. The summed E-state index contributed by atoms with van der Waals surface area (Å²) >= 11 is 1.30. The number of nitrogens with zero attached hydrogens (tertiary/aromatic N) is 2. The van der Waals surface area contributed by atoms with Crippen molar-refractivity contribution in [3.8, 4) is 5.75 Å². The quantitative estimate of drug-likeness (QED) is 0.842. The van der Waals surface area contributed by atoms with Crippen LogP contribution >= 0.6 is 11.8 Å². The van der Waals surface area contributed by atoms with Gasteiger partial charge in [-0.3, -0.25) is 4.79 Å². The smallest absolute Gasteiger partial charge is 0.264 e. The lowest BCUT2D eigenvalue weighted by molar-refractivity contribution is -0.115. The highest BCUT2D eigenvalue weighted by Gasteiger charge is 2.23. The fourth-order valence-electron chi connectivity index (χ4n) is 2.15. The minimum atomic E-state index is -0.158. The van der Waals surface area contributed by atoms with E-state index in [4.69, 9.17) is 0 Å². The highest BCUT2D eigenvalue weighted by molar-refractivity contribution is 8.18. The van der Waals surface area contributed by atoms with Gasteiger partial charge in [-0.25, -0.2) is 4.99 Å². The molecule has 1 aliphatic heterocycles. The predicted octanol–water partition coefficient (Wildman–Crippen LogP) is 3.35. The Balaban J connectivity index is 1.77. The van der Waals surface area contributed by atoms with Crippen LogP contribution in [0.4, 0.5) is 11.4 Å². The van der Waals surface area contributed by atoms with Gasteiger partial charge in [-0.05, 0) is 59.8 Å². The molecule has 3 rings (SSSR count). The van der Waals surface area contributed by atoms with Crippen molar-refractivity contribution in [1.29, 1.82) is 0 Å². The van der Waals surface area contributed by atoms with Crippen molar-refractivity contribution >= 4 is 40.3 Å². The molecule has 24 heavy (non-hydrogen) atoms. The number of nitrogens with one attached hydrogen (secondary N) is 1. The minimum absolute atomic E-state index is 0.158. The number of phenolic OH excluding ortho intramolecular Hbond substituents is 1. The standard InChI is InChI=1S/C18H17N3O2S/c1-21(2)14-7-3-12(4-8-14)11-16-17(23)20-18(24-16)19-13-5-9-15(22)10-6-13/h3-11,22H,1-2H3,(H,19,20,23)/b16-11-. The molecule has 0 spiro atoms. The number of hydrogen-bond donors (Lipinski definition) is 2. The van der Waals surface area contributed by atoms with Gasteiger partial charge in [-0.2, -0.15) is 0 Å². The van der Waals surface area contributed by atoms with Gasteiger partial charge < -0.3 is 15.3 Å². The Kier molecular flexibility index (Phi) is 4.57. The summed E-state index contributed by atoms with van der Waals surface area (Å²) in [5.41, 5.74) is 2.74. The van der Waals surface area contributed by atoms with Crippen molar-refractivity contribution < 1.29 is 9.90 Å². The summed E-state index contributed by atoms with van der Waals surface area (Å²) in [6.45, 7) is 0. The highest BCUT2D eigenvalue weighted by atomic mass is 32.2. The highest BCUT2D eigenvalue weighted by Crippen LogP contribution is 2.28. The van der Waals surface area contributed by atoms with E-state index in [2.05, 4.69) is 10.3 Å². The lowest BCUT2D eigenvalue weighted by Gasteiger charge is -2.11. The fraction of sp³-hybridized carbons (Fsp3) is 0.111. The summed E-state index contributed by atoms with van der Waals surface area (Å²) in [6, 6.07) is 14.5. The number of thioether (sulfide) groups is 1. The molecule has 2 aromatic carbocycles. The van der Waals surface area contributed by atoms with Gasteiger partial charge in [-0.1, -0.05) is 12.1 Å². The van der Waals surface area contributed by atoms with E-state index in [1.807, 2.05) is 49.3 Å². The van der Waals surface area contributed by atoms with Crippen LogP contribution in [-0.2, 0) is 4.79 Å². The van der Waals surface area contributed by atoms with Gasteiger partial charge >= 0.3 is 0 Å². The van der Waals surface area contributed by atoms with E-state index in [-0.39, 0.29) is 11.7 Å². The van der Waals surface area contributed by atoms with Crippen LogP contribution in [0.2, 0.25) is 0 Å². The number of phenols is 1. The third kappa shape index (κ3) is 3.78. The summed E-state index contributed by atoms with van der Waals surface area (Å²) in [5.74, 6) is 0.0260. The van der Waals surface area contributed by atoms with Crippen molar-refractivity contribution in [3.05, 3.63) is 59.0 Å². The number of amidine groups is 1. The van der Waals surface area contributed by atoms with Gasteiger partial charge in [0.05, 0.1) is 10.6 Å². The predicted molar refractivity (Wildman–Crippen MR) is 99.7 cm³/mol. The van der Waals surface area contributed by atoms with E-state index in [1.165, 1.54) is 11.8 Å². The topological polar surface area (TPSA) is 64.9 Å². The molecule has 1 heterocycles. The number of hydrogen-bond acceptors (Lipinski definition) is 5. The second-order valence-electron chi connectivity index (χ2n) is 5.48. The molecule has 0 saturated carbocycles. The zero-order chi connectivity index (χ0) is 17.1. The molecule has 1 aliphatic rings. The van der Waals surface area contributed by atoms with Crippen LogP contribution in [0.5, 0.6) is 5.75 Å². The summed E-state index contributed by atoms with van der Waals surface area (Å²) in [4.78, 5) is 19.1. The van der Waals surface area contributed by atoms with E-state index in [9.17, 15) is 9.90 Å². The van der Waals surface area contributed by atoms with Gasteiger partial charge in [-0.15, -0.1) is 0 Å². The van der Waals surface area contributed by atoms with E-state index in [0.29, 0.717) is 15.8 Å². The van der Waals surface area contributed by atoms with E-state index in [1.54, 1.807) is 24.3 Å². The van der Waals surface area contributed by atoms with Gasteiger partial charge in [0.1, 0.15) is 5.75 Å². The van der Waals surface area contributed by atoms with Crippen LogP contribution in [0, 0.1) is 0 Å². The van der Waals surface area contributed by atoms with E-state index < -0.39 is 0 Å². The van der Waals surface area contributed by atoms with Gasteiger partial charge in [0, 0.05) is 19.8 Å². The zero-order valence-electron chi connectivity index (χ0n) is 13.4. The first-order valence-electron chi connectivity index (χ1n) is 7.37. The summed E-state index contributed by atoms with van der Waals surface area (Å²) < 4.78 is 0. The molecule has 0 aromatic heterocycles. The van der Waals surface area contributed by atoms with Crippen molar-refractivity contribution in [2.75, 3.05) is 19.0 Å². The van der Waals surface area contributed by atoms with Crippen molar-refractivity contribution in [2.24, 2.45) is 4.99 Å². The number of aliphatic imine (C=N–C) groups is 1. The monoisotopic (exact) mass is 339 g/mol. The number of rotatable bonds is 3. The second-order valence-corrected chi connectivity index (χ2v) is 6.51. The van der Waals surface area contributed by atoms with Crippen LogP contribution in [0.25, 0.3) is 6.08 Å². The molecule has 0 unspecified atom stereocenters. The maximum absolute atomic E-state index is 12.1. The molecule has 2 aromatic rings. The molecule has 0 atom stereocenters. The first-order chi connectivity index (χ1) is 11.5. The van der Waals surface area contributed by atoms with Crippen LogP contribution in [0.1, 0.15) is 5.56 Å². The lowest BCUT2D eigenvalue weighted by atomic mass is 10.2. The van der Waals surface area contributed by atoms with Gasteiger partial charge in [0.25, 0.3) is 5.91 Å². The Bertz CT molecular complexity index is 809. The third-order valence-electron chi connectivity index (χ3n) is 3.44. The molecule has 0 aliphatic carbocycles. The molecule has 1 amide bonds. The molecule has 1 fully saturated rings.